The lowest BCUT2D eigenvalue weighted by Gasteiger charge is -2.17. The maximum atomic E-state index is 12.3. The molecule has 4 heteroatoms. The monoisotopic (exact) mass is 248 g/mol. The number of phenols is 1. The highest BCUT2D eigenvalue weighted by Gasteiger charge is 2.26. The number of carbonyl (C=O) groups excluding carboxylic acids is 1. The van der Waals surface area contributed by atoms with Crippen LogP contribution in [-0.4, -0.2) is 42.6 Å². The number of aromatic hydroxyl groups is 1. The summed E-state index contributed by atoms with van der Waals surface area (Å²) in [5, 5.41) is 12.6. The zero-order valence-corrected chi connectivity index (χ0v) is 10.9. The van der Waals surface area contributed by atoms with Gasteiger partial charge in [0.2, 0.25) is 0 Å². The Bertz CT molecular complexity index is 445. The summed E-state index contributed by atoms with van der Waals surface area (Å²) >= 11 is 0. The molecular weight excluding hydrogens is 228 g/mol. The number of carbonyl (C=O) groups is 1. The summed E-state index contributed by atoms with van der Waals surface area (Å²) in [6.45, 7) is 4.41. The van der Waals surface area contributed by atoms with Crippen LogP contribution in [0.3, 0.4) is 0 Å². The van der Waals surface area contributed by atoms with Crippen molar-refractivity contribution in [1.29, 1.82) is 0 Å². The van der Waals surface area contributed by atoms with Gasteiger partial charge in [-0.15, -0.1) is 0 Å². The molecule has 2 rings (SSSR count). The number of benzene rings is 1. The van der Waals surface area contributed by atoms with Crippen molar-refractivity contribution in [2.45, 2.75) is 13.3 Å². The van der Waals surface area contributed by atoms with E-state index in [1.807, 2.05) is 11.9 Å². The highest BCUT2D eigenvalue weighted by Crippen LogP contribution is 2.21. The number of likely N-dealkylation sites (tertiary alicyclic amines) is 1. The molecule has 0 spiro atoms. The number of phenolic OH excluding ortho intramolecular Hbond substituents is 1. The Hall–Kier alpha value is -1.55. The first-order chi connectivity index (χ1) is 8.61. The number of rotatable bonds is 3. The first kappa shape index (κ1) is 12.9. The van der Waals surface area contributed by atoms with Crippen molar-refractivity contribution in [2.75, 3.05) is 26.7 Å². The Morgan fingerprint density at radius 1 is 1.56 bits per heavy atom. The third-order valence-electron chi connectivity index (χ3n) is 3.51. The van der Waals surface area contributed by atoms with E-state index in [9.17, 15) is 9.90 Å². The van der Waals surface area contributed by atoms with Crippen LogP contribution in [0.25, 0.3) is 0 Å². The molecule has 0 bridgehead atoms. The molecule has 1 aromatic carbocycles. The predicted molar refractivity (Wildman–Crippen MR) is 70.8 cm³/mol. The molecule has 1 saturated heterocycles. The Labute approximate surface area is 108 Å². The molecule has 98 valence electrons. The largest absolute Gasteiger partial charge is 0.508 e. The van der Waals surface area contributed by atoms with Crippen LogP contribution in [0.15, 0.2) is 18.2 Å². The molecule has 1 atom stereocenters. The van der Waals surface area contributed by atoms with Crippen LogP contribution in [0.4, 0.5) is 0 Å². The van der Waals surface area contributed by atoms with Gasteiger partial charge in [-0.1, -0.05) is 0 Å². The number of nitrogens with one attached hydrogen (secondary N) is 1. The van der Waals surface area contributed by atoms with Gasteiger partial charge in [-0.2, -0.15) is 0 Å². The molecule has 0 saturated carbocycles. The standard InChI is InChI=1S/C14H20N2O2/c1-10-7-12(3-4-13(10)17)14(18)16-6-5-11(9-16)8-15-2/h3-4,7,11,15,17H,5-6,8-9H2,1-2H3. The second kappa shape index (κ2) is 5.40. The first-order valence-electron chi connectivity index (χ1n) is 6.35. The third kappa shape index (κ3) is 2.64. The van der Waals surface area contributed by atoms with E-state index in [1.165, 1.54) is 0 Å². The van der Waals surface area contributed by atoms with Crippen LogP contribution < -0.4 is 5.32 Å². The highest BCUT2D eigenvalue weighted by atomic mass is 16.3. The van der Waals surface area contributed by atoms with Crippen LogP contribution in [0.2, 0.25) is 0 Å². The molecule has 1 heterocycles. The highest BCUT2D eigenvalue weighted by molar-refractivity contribution is 5.94. The summed E-state index contributed by atoms with van der Waals surface area (Å²) in [7, 11) is 1.94. The molecule has 1 amide bonds. The fraction of sp³-hybridized carbons (Fsp3) is 0.500. The zero-order valence-electron chi connectivity index (χ0n) is 10.9. The molecule has 1 unspecified atom stereocenters. The van der Waals surface area contributed by atoms with E-state index in [4.69, 9.17) is 0 Å². The van der Waals surface area contributed by atoms with Gasteiger partial charge in [0.1, 0.15) is 5.75 Å². The van der Waals surface area contributed by atoms with Crippen molar-refractivity contribution in [3.63, 3.8) is 0 Å². The van der Waals surface area contributed by atoms with Crippen molar-refractivity contribution < 1.29 is 9.90 Å². The maximum absolute atomic E-state index is 12.3. The fourth-order valence-corrected chi connectivity index (χ4v) is 2.44. The molecule has 0 aliphatic carbocycles. The number of nitrogens with zero attached hydrogens (tertiary/aromatic N) is 1. The summed E-state index contributed by atoms with van der Waals surface area (Å²) in [4.78, 5) is 14.2. The van der Waals surface area contributed by atoms with Gasteiger partial charge in [-0.05, 0) is 56.6 Å². The van der Waals surface area contributed by atoms with Gasteiger partial charge in [0.15, 0.2) is 0 Å². The number of amides is 1. The summed E-state index contributed by atoms with van der Waals surface area (Å²) in [6.07, 6.45) is 1.06. The van der Waals surface area contributed by atoms with E-state index in [0.717, 1.165) is 31.6 Å². The Balaban J connectivity index is 2.05. The molecule has 18 heavy (non-hydrogen) atoms. The lowest BCUT2D eigenvalue weighted by Crippen LogP contribution is -2.30. The van der Waals surface area contributed by atoms with Crippen molar-refractivity contribution >= 4 is 5.91 Å². The average Bonchev–Trinajstić information content (AvgIpc) is 2.81. The second-order valence-electron chi connectivity index (χ2n) is 4.96. The second-order valence-corrected chi connectivity index (χ2v) is 4.96. The van der Waals surface area contributed by atoms with Crippen LogP contribution >= 0.6 is 0 Å². The van der Waals surface area contributed by atoms with E-state index >= 15 is 0 Å². The SMILES string of the molecule is CNCC1CCN(C(=O)c2ccc(O)c(C)c2)C1. The Morgan fingerprint density at radius 2 is 2.33 bits per heavy atom. The van der Waals surface area contributed by atoms with Gasteiger partial charge < -0.3 is 15.3 Å². The summed E-state index contributed by atoms with van der Waals surface area (Å²) in [5.41, 5.74) is 1.40. The molecule has 1 aliphatic heterocycles. The van der Waals surface area contributed by atoms with Gasteiger partial charge in [-0.3, -0.25) is 4.79 Å². The molecule has 1 aromatic rings. The van der Waals surface area contributed by atoms with Crippen LogP contribution in [0.5, 0.6) is 5.75 Å². The summed E-state index contributed by atoms with van der Waals surface area (Å²) < 4.78 is 0. The van der Waals surface area contributed by atoms with Crippen molar-refractivity contribution in [3.8, 4) is 5.75 Å². The van der Waals surface area contributed by atoms with E-state index in [1.54, 1.807) is 25.1 Å². The average molecular weight is 248 g/mol. The molecule has 4 nitrogen and oxygen atoms in total. The van der Waals surface area contributed by atoms with Gasteiger partial charge >= 0.3 is 0 Å². The minimum Gasteiger partial charge on any atom is -0.508 e. The van der Waals surface area contributed by atoms with Gasteiger partial charge in [0, 0.05) is 18.7 Å². The third-order valence-corrected chi connectivity index (χ3v) is 3.51. The fourth-order valence-electron chi connectivity index (χ4n) is 2.44. The van der Waals surface area contributed by atoms with Crippen LogP contribution in [0.1, 0.15) is 22.3 Å². The van der Waals surface area contributed by atoms with E-state index in [2.05, 4.69) is 5.32 Å². The van der Waals surface area contributed by atoms with Crippen LogP contribution in [0, 0.1) is 12.8 Å². The quantitative estimate of drug-likeness (QED) is 0.849. The lowest BCUT2D eigenvalue weighted by atomic mass is 10.1. The van der Waals surface area contributed by atoms with E-state index < -0.39 is 0 Å². The van der Waals surface area contributed by atoms with Gasteiger partial charge in [0.25, 0.3) is 5.91 Å². The van der Waals surface area contributed by atoms with E-state index in [-0.39, 0.29) is 11.7 Å². The molecular formula is C14H20N2O2. The smallest absolute Gasteiger partial charge is 0.253 e. The number of aryl methyl sites for hydroxylation is 1. The topological polar surface area (TPSA) is 52.6 Å². The molecule has 1 aliphatic rings. The van der Waals surface area contributed by atoms with E-state index in [0.29, 0.717) is 11.5 Å². The number of hydrogen-bond acceptors (Lipinski definition) is 3. The molecule has 2 N–H and O–H groups in total. The molecule has 1 fully saturated rings. The minimum atomic E-state index is 0.0664. The first-order valence-corrected chi connectivity index (χ1v) is 6.35. The van der Waals surface area contributed by atoms with Crippen LogP contribution in [-0.2, 0) is 0 Å². The Morgan fingerprint density at radius 3 is 3.00 bits per heavy atom. The zero-order chi connectivity index (χ0) is 13.1. The van der Waals surface area contributed by atoms with Crippen molar-refractivity contribution in [1.82, 2.24) is 10.2 Å². The minimum absolute atomic E-state index is 0.0664. The van der Waals surface area contributed by atoms with Crippen molar-refractivity contribution in [3.05, 3.63) is 29.3 Å². The van der Waals surface area contributed by atoms with Crippen molar-refractivity contribution in [2.24, 2.45) is 5.92 Å². The summed E-state index contributed by atoms with van der Waals surface area (Å²) in [5.74, 6) is 0.856. The normalized spacial score (nSPS) is 19.2. The van der Waals surface area contributed by atoms with Gasteiger partial charge in [0.05, 0.1) is 0 Å². The molecule has 0 radical (unpaired) electrons. The van der Waals surface area contributed by atoms with Gasteiger partial charge in [-0.25, -0.2) is 0 Å². The Kier molecular flexibility index (Phi) is 3.87. The lowest BCUT2D eigenvalue weighted by molar-refractivity contribution is 0.0787. The summed E-state index contributed by atoms with van der Waals surface area (Å²) in [6, 6.07) is 5.03. The molecule has 0 aromatic heterocycles. The number of hydrogen-bond donors (Lipinski definition) is 2. The predicted octanol–water partition coefficient (Wildman–Crippen LogP) is 1.38. The maximum Gasteiger partial charge on any atom is 0.253 e.